The first-order chi connectivity index (χ1) is 10.2. The molecule has 0 spiro atoms. The van der Waals surface area contributed by atoms with E-state index in [1.54, 1.807) is 6.20 Å². The smallest absolute Gasteiger partial charge is 0.267 e. The second-order valence-corrected chi connectivity index (χ2v) is 5.18. The van der Waals surface area contributed by atoms with Crippen LogP contribution in [0.4, 0.5) is 0 Å². The van der Waals surface area contributed by atoms with Crippen LogP contribution < -0.4 is 5.32 Å². The Morgan fingerprint density at radius 3 is 3.10 bits per heavy atom. The molecule has 0 saturated heterocycles. The molecule has 0 aliphatic heterocycles. The third-order valence-corrected chi connectivity index (χ3v) is 3.69. The summed E-state index contributed by atoms with van der Waals surface area (Å²) in [5.74, 6) is -0.0741. The monoisotopic (exact) mass is 286 g/mol. The summed E-state index contributed by atoms with van der Waals surface area (Å²) in [7, 11) is 0. The molecule has 5 heteroatoms. The Kier molecular flexibility index (Phi) is 3.48. The second kappa shape index (κ2) is 5.44. The van der Waals surface area contributed by atoms with Gasteiger partial charge in [-0.3, -0.25) is 4.79 Å². The fourth-order valence-corrected chi connectivity index (χ4v) is 2.30. The van der Waals surface area contributed by atoms with Gasteiger partial charge in [-0.2, -0.15) is 0 Å². The minimum absolute atomic E-state index is 0. The molecule has 1 atom stereocenters. The Morgan fingerprint density at radius 2 is 2.29 bits per heavy atom. The van der Waals surface area contributed by atoms with Crippen LogP contribution in [0.15, 0.2) is 36.8 Å². The minimum Gasteiger partial charge on any atom is -0.357 e. The fourth-order valence-electron chi connectivity index (χ4n) is 2.30. The molecule has 0 aromatic carbocycles. The van der Waals surface area contributed by atoms with E-state index in [-0.39, 0.29) is 14.8 Å². The summed E-state index contributed by atoms with van der Waals surface area (Å²) in [6.45, 7) is 4.04. The van der Waals surface area contributed by atoms with Crippen LogP contribution in [-0.2, 0) is 0 Å². The number of carbonyl (C=O) groups excluding carboxylic acids is 1. The Balaban J connectivity index is 0.00000132. The first kappa shape index (κ1) is 13.4. The van der Waals surface area contributed by atoms with Crippen molar-refractivity contribution in [2.24, 2.45) is 0 Å². The van der Waals surface area contributed by atoms with E-state index < -0.39 is 0 Å². The average molecular weight is 286 g/mol. The van der Waals surface area contributed by atoms with Crippen molar-refractivity contribution in [3.05, 3.63) is 42.5 Å². The zero-order valence-electron chi connectivity index (χ0n) is 12.1. The van der Waals surface area contributed by atoms with Crippen LogP contribution in [-0.4, -0.2) is 26.9 Å². The molecule has 21 heavy (non-hydrogen) atoms. The highest BCUT2D eigenvalue weighted by atomic mass is 16.1. The lowest BCUT2D eigenvalue weighted by Gasteiger charge is -2.09. The van der Waals surface area contributed by atoms with E-state index in [2.05, 4.69) is 20.3 Å². The van der Waals surface area contributed by atoms with Crippen LogP contribution in [0.3, 0.4) is 0 Å². The van der Waals surface area contributed by atoms with Gasteiger partial charge < -0.3 is 15.3 Å². The average Bonchev–Trinajstić information content (AvgIpc) is 3.15. The number of nitrogens with zero attached hydrogens (tertiary/aromatic N) is 1. The third-order valence-electron chi connectivity index (χ3n) is 3.69. The van der Waals surface area contributed by atoms with Gasteiger partial charge in [-0.25, -0.2) is 4.98 Å². The summed E-state index contributed by atoms with van der Waals surface area (Å²) in [5.41, 5.74) is 3.46. The molecular weight excluding hydrogens is 264 g/mol. The number of fused-ring (bicyclic) bond motifs is 1. The van der Waals surface area contributed by atoms with Crippen molar-refractivity contribution >= 4 is 16.9 Å². The highest BCUT2D eigenvalue weighted by Gasteiger charge is 2.13. The molecule has 5 nitrogen and oxygen atoms in total. The number of aromatic amines is 2. The van der Waals surface area contributed by atoms with Gasteiger partial charge in [0.05, 0.1) is 0 Å². The van der Waals surface area contributed by atoms with Crippen molar-refractivity contribution in [3.63, 3.8) is 0 Å². The van der Waals surface area contributed by atoms with E-state index in [4.69, 9.17) is 0 Å². The summed E-state index contributed by atoms with van der Waals surface area (Å²) in [4.78, 5) is 22.5. The standard InChI is InChI=1S/C16H18N4O.2H2/c1-3-10(2)20-16(21)14-8-11(9-19-14)12-4-6-17-15-13(12)5-7-18-15;;/h4-10,19H,3H2,1-2H3,(H,17,18)(H,20,21);2*1H/t10-;;/m1../s1. The number of nitrogens with one attached hydrogen (secondary N) is 3. The number of H-pyrrole nitrogens is 2. The van der Waals surface area contributed by atoms with Gasteiger partial charge >= 0.3 is 0 Å². The lowest BCUT2D eigenvalue weighted by molar-refractivity contribution is 0.0935. The summed E-state index contributed by atoms with van der Waals surface area (Å²) >= 11 is 0. The van der Waals surface area contributed by atoms with Gasteiger partial charge in [0.25, 0.3) is 5.91 Å². The number of amides is 1. The van der Waals surface area contributed by atoms with Crippen molar-refractivity contribution in [3.8, 4) is 11.1 Å². The molecular formula is C16H22N4O. The van der Waals surface area contributed by atoms with Crippen LogP contribution in [0, 0.1) is 0 Å². The number of hydrogen-bond acceptors (Lipinski definition) is 2. The predicted molar refractivity (Wildman–Crippen MR) is 87.3 cm³/mol. The molecule has 0 unspecified atom stereocenters. The molecule has 3 heterocycles. The molecule has 3 aromatic heterocycles. The van der Waals surface area contributed by atoms with Crippen molar-refractivity contribution in [1.29, 1.82) is 0 Å². The van der Waals surface area contributed by atoms with Crippen LogP contribution in [0.5, 0.6) is 0 Å². The molecule has 0 radical (unpaired) electrons. The van der Waals surface area contributed by atoms with Gasteiger partial charge in [0.2, 0.25) is 0 Å². The molecule has 3 N–H and O–H groups in total. The maximum atomic E-state index is 12.1. The Morgan fingerprint density at radius 1 is 1.43 bits per heavy atom. The molecule has 3 rings (SSSR count). The van der Waals surface area contributed by atoms with Crippen LogP contribution in [0.2, 0.25) is 0 Å². The summed E-state index contributed by atoms with van der Waals surface area (Å²) < 4.78 is 0. The van der Waals surface area contributed by atoms with Crippen molar-refractivity contribution in [2.75, 3.05) is 0 Å². The maximum absolute atomic E-state index is 12.1. The zero-order chi connectivity index (χ0) is 14.8. The molecule has 0 bridgehead atoms. The van der Waals surface area contributed by atoms with Crippen molar-refractivity contribution in [1.82, 2.24) is 20.3 Å². The molecule has 0 saturated carbocycles. The Hall–Kier alpha value is -2.56. The second-order valence-electron chi connectivity index (χ2n) is 5.18. The van der Waals surface area contributed by atoms with Crippen molar-refractivity contribution < 1.29 is 7.65 Å². The summed E-state index contributed by atoms with van der Waals surface area (Å²) in [6, 6.07) is 5.99. The first-order valence-electron chi connectivity index (χ1n) is 7.10. The van der Waals surface area contributed by atoms with Gasteiger partial charge in [0.15, 0.2) is 0 Å². The summed E-state index contributed by atoms with van der Waals surface area (Å²) in [6.07, 6.45) is 6.39. The molecule has 0 fully saturated rings. The number of hydrogen-bond donors (Lipinski definition) is 3. The van der Waals surface area contributed by atoms with Crippen LogP contribution >= 0.6 is 0 Å². The largest absolute Gasteiger partial charge is 0.357 e. The quantitative estimate of drug-likeness (QED) is 0.686. The van der Waals surface area contributed by atoms with Gasteiger partial charge in [-0.15, -0.1) is 0 Å². The lowest BCUT2D eigenvalue weighted by Crippen LogP contribution is -2.32. The van der Waals surface area contributed by atoms with E-state index in [1.807, 2.05) is 44.4 Å². The van der Waals surface area contributed by atoms with Gasteiger partial charge in [-0.05, 0) is 37.1 Å². The van der Waals surface area contributed by atoms with E-state index in [1.165, 1.54) is 0 Å². The van der Waals surface area contributed by atoms with Crippen molar-refractivity contribution in [2.45, 2.75) is 26.3 Å². The normalized spacial score (nSPS) is 12.5. The highest BCUT2D eigenvalue weighted by Crippen LogP contribution is 2.27. The lowest BCUT2D eigenvalue weighted by atomic mass is 10.1. The maximum Gasteiger partial charge on any atom is 0.267 e. The third kappa shape index (κ3) is 2.54. The highest BCUT2D eigenvalue weighted by molar-refractivity contribution is 5.97. The van der Waals surface area contributed by atoms with E-state index in [0.29, 0.717) is 5.69 Å². The molecule has 0 aliphatic rings. The number of carbonyl (C=O) groups is 1. The molecule has 3 aromatic rings. The number of aromatic nitrogens is 3. The zero-order valence-corrected chi connectivity index (χ0v) is 12.1. The molecule has 112 valence electrons. The summed E-state index contributed by atoms with van der Waals surface area (Å²) in [5, 5.41) is 4.00. The molecule has 0 aliphatic carbocycles. The van der Waals surface area contributed by atoms with Gasteiger partial charge in [0, 0.05) is 38.4 Å². The first-order valence-corrected chi connectivity index (χ1v) is 7.10. The topological polar surface area (TPSA) is 73.6 Å². The Bertz CT molecular complexity index is 781. The number of rotatable bonds is 4. The molecule has 1 amide bonds. The fraction of sp³-hybridized carbons (Fsp3) is 0.250. The van der Waals surface area contributed by atoms with Crippen LogP contribution in [0.1, 0.15) is 33.6 Å². The van der Waals surface area contributed by atoms with E-state index >= 15 is 0 Å². The van der Waals surface area contributed by atoms with E-state index in [9.17, 15) is 4.79 Å². The Labute approximate surface area is 125 Å². The predicted octanol–water partition coefficient (Wildman–Crippen LogP) is 3.58. The van der Waals surface area contributed by atoms with Crippen LogP contribution in [0.25, 0.3) is 22.2 Å². The van der Waals surface area contributed by atoms with E-state index in [0.717, 1.165) is 28.6 Å². The van der Waals surface area contributed by atoms with Gasteiger partial charge in [0.1, 0.15) is 11.3 Å². The number of pyridine rings is 1. The minimum atomic E-state index is -0.0741. The SMILES string of the molecule is CC[C@@H](C)NC(=O)c1cc(-c2ccnc3[nH]ccc23)c[nH]1.[HH].[HH]. The van der Waals surface area contributed by atoms with Gasteiger partial charge in [-0.1, -0.05) is 6.92 Å².